The molecule has 4 N–H and O–H groups in total. The van der Waals surface area contributed by atoms with E-state index in [9.17, 15) is 4.39 Å². The van der Waals surface area contributed by atoms with Gasteiger partial charge >= 0.3 is 0 Å². The Hall–Kier alpha value is -4.19. The number of hydrogen-bond donors (Lipinski definition) is 2. The molecule has 0 atom stereocenters. The lowest BCUT2D eigenvalue weighted by Gasteiger charge is -2.17. The van der Waals surface area contributed by atoms with E-state index in [2.05, 4.69) is 45.8 Å². The van der Waals surface area contributed by atoms with Crippen molar-refractivity contribution in [2.45, 2.75) is 32.7 Å². The van der Waals surface area contributed by atoms with Gasteiger partial charge in [0.2, 0.25) is 5.95 Å². The number of pyridine rings is 1. The number of nitriles is 1. The molecule has 0 aliphatic rings. The van der Waals surface area contributed by atoms with E-state index < -0.39 is 5.82 Å². The number of aromatic nitrogens is 3. The number of nitrogen functional groups attached to an aromatic ring is 1. The molecule has 1 aromatic carbocycles. The van der Waals surface area contributed by atoms with Gasteiger partial charge in [0.15, 0.2) is 0 Å². The molecule has 0 aliphatic carbocycles. The van der Waals surface area contributed by atoms with Crippen molar-refractivity contribution in [3.63, 3.8) is 0 Å². The van der Waals surface area contributed by atoms with Crippen LogP contribution in [0.5, 0.6) is 0 Å². The number of nitrogens with zero attached hydrogens (tertiary/aromatic N) is 6. The molecule has 2 heterocycles. The first-order valence-corrected chi connectivity index (χ1v) is 9.81. The number of benzene rings is 1. The van der Waals surface area contributed by atoms with Crippen molar-refractivity contribution in [3.05, 3.63) is 70.9 Å². The third kappa shape index (κ3) is 5.10. The maximum atomic E-state index is 14.6. The Labute approximate surface area is 185 Å². The molecule has 32 heavy (non-hydrogen) atoms. The van der Waals surface area contributed by atoms with Crippen molar-refractivity contribution < 1.29 is 4.39 Å². The van der Waals surface area contributed by atoms with Gasteiger partial charge in [0.05, 0.1) is 35.4 Å². The van der Waals surface area contributed by atoms with Crippen molar-refractivity contribution >= 4 is 17.9 Å². The predicted molar refractivity (Wildman–Crippen MR) is 122 cm³/mol. The molecule has 0 bridgehead atoms. The van der Waals surface area contributed by atoms with Gasteiger partial charge in [-0.3, -0.25) is 9.98 Å². The maximum absolute atomic E-state index is 14.6. The highest BCUT2D eigenvalue weighted by Gasteiger charge is 2.16. The number of aliphatic imine (C=N–C) groups is 1. The molecule has 0 spiro atoms. The summed E-state index contributed by atoms with van der Waals surface area (Å²) in [5.74, 6) is 4.76. The quantitative estimate of drug-likeness (QED) is 0.361. The van der Waals surface area contributed by atoms with Crippen molar-refractivity contribution in [1.82, 2.24) is 15.0 Å². The standard InChI is InChI=1S/C23H23FN8/c1-23(2,3)20-9-5-7-15(29-20)12-28-13-19(32-27)18-10-17(30-22(26)31-18)16-8-4-6-14(11-25)21(16)24/h4-10,13H,12,27H2,1-3H3,(H2,26,30,31). The number of hydrazone groups is 1. The second-order valence-corrected chi connectivity index (χ2v) is 8.02. The molecule has 0 saturated carbocycles. The van der Waals surface area contributed by atoms with Crippen molar-refractivity contribution in [2.24, 2.45) is 15.9 Å². The van der Waals surface area contributed by atoms with Crippen molar-refractivity contribution in [2.75, 3.05) is 5.73 Å². The zero-order chi connectivity index (χ0) is 23.3. The van der Waals surface area contributed by atoms with Crippen LogP contribution in [-0.2, 0) is 12.0 Å². The second-order valence-electron chi connectivity index (χ2n) is 8.02. The second kappa shape index (κ2) is 9.31. The molecular weight excluding hydrogens is 407 g/mol. The molecule has 0 unspecified atom stereocenters. The van der Waals surface area contributed by atoms with Gasteiger partial charge in [0.1, 0.15) is 17.6 Å². The lowest BCUT2D eigenvalue weighted by molar-refractivity contribution is 0.565. The van der Waals surface area contributed by atoms with Gasteiger partial charge in [0, 0.05) is 16.7 Å². The Kier molecular flexibility index (Phi) is 6.54. The highest BCUT2D eigenvalue weighted by atomic mass is 19.1. The average molecular weight is 430 g/mol. The molecule has 0 fully saturated rings. The van der Waals surface area contributed by atoms with Crippen molar-refractivity contribution in [1.29, 1.82) is 5.26 Å². The van der Waals surface area contributed by atoms with Crippen LogP contribution in [0, 0.1) is 17.1 Å². The van der Waals surface area contributed by atoms with Crippen LogP contribution in [0.4, 0.5) is 10.3 Å². The maximum Gasteiger partial charge on any atom is 0.221 e. The van der Waals surface area contributed by atoms with Gasteiger partial charge in [-0.15, -0.1) is 0 Å². The Morgan fingerprint density at radius 2 is 1.91 bits per heavy atom. The Balaban J connectivity index is 1.88. The van der Waals surface area contributed by atoms with Gasteiger partial charge in [-0.1, -0.05) is 32.9 Å². The lowest BCUT2D eigenvalue weighted by Crippen LogP contribution is -2.14. The van der Waals surface area contributed by atoms with E-state index >= 15 is 0 Å². The third-order valence-electron chi connectivity index (χ3n) is 4.58. The van der Waals surface area contributed by atoms with Gasteiger partial charge in [-0.25, -0.2) is 14.4 Å². The lowest BCUT2D eigenvalue weighted by atomic mass is 9.91. The topological polar surface area (TPSA) is 139 Å². The van der Waals surface area contributed by atoms with Crippen LogP contribution in [0.3, 0.4) is 0 Å². The predicted octanol–water partition coefficient (Wildman–Crippen LogP) is 3.36. The molecule has 0 aliphatic heterocycles. The van der Waals surface area contributed by atoms with Crippen LogP contribution in [-0.4, -0.2) is 26.9 Å². The Bertz CT molecular complexity index is 1240. The van der Waals surface area contributed by atoms with Gasteiger partial charge < -0.3 is 11.6 Å². The van der Waals surface area contributed by atoms with E-state index in [1.54, 1.807) is 12.1 Å². The minimum absolute atomic E-state index is 0.0728. The molecule has 0 amide bonds. The summed E-state index contributed by atoms with van der Waals surface area (Å²) >= 11 is 0. The smallest absolute Gasteiger partial charge is 0.221 e. The van der Waals surface area contributed by atoms with Gasteiger partial charge in [-0.05, 0) is 30.3 Å². The van der Waals surface area contributed by atoms with E-state index in [0.29, 0.717) is 6.54 Å². The number of rotatable bonds is 5. The number of anilines is 1. The zero-order valence-electron chi connectivity index (χ0n) is 18.0. The summed E-state index contributed by atoms with van der Waals surface area (Å²) in [5.41, 5.74) is 8.26. The number of halogens is 1. The molecule has 162 valence electrons. The van der Waals surface area contributed by atoms with Crippen LogP contribution in [0.25, 0.3) is 11.3 Å². The number of hydrogen-bond acceptors (Lipinski definition) is 8. The van der Waals surface area contributed by atoms with E-state index in [1.165, 1.54) is 24.4 Å². The molecule has 0 saturated heterocycles. The molecule has 2 aromatic heterocycles. The molecule has 9 heteroatoms. The minimum atomic E-state index is -0.691. The van der Waals surface area contributed by atoms with E-state index in [0.717, 1.165) is 11.4 Å². The fourth-order valence-electron chi connectivity index (χ4n) is 2.93. The minimum Gasteiger partial charge on any atom is -0.368 e. The van der Waals surface area contributed by atoms with Gasteiger partial charge in [0.25, 0.3) is 0 Å². The van der Waals surface area contributed by atoms with Crippen LogP contribution >= 0.6 is 0 Å². The Morgan fingerprint density at radius 3 is 2.59 bits per heavy atom. The fourth-order valence-corrected chi connectivity index (χ4v) is 2.93. The fraction of sp³-hybridized carbons (Fsp3) is 0.217. The van der Waals surface area contributed by atoms with Gasteiger partial charge in [-0.2, -0.15) is 10.4 Å². The molecular formula is C23H23FN8. The summed E-state index contributed by atoms with van der Waals surface area (Å²) in [6, 6.07) is 13.6. The van der Waals surface area contributed by atoms with Crippen molar-refractivity contribution in [3.8, 4) is 17.3 Å². The Morgan fingerprint density at radius 1 is 1.16 bits per heavy atom. The van der Waals surface area contributed by atoms with Crippen LogP contribution in [0.1, 0.15) is 43.4 Å². The van der Waals surface area contributed by atoms with E-state index in [1.807, 2.05) is 18.2 Å². The summed E-state index contributed by atoms with van der Waals surface area (Å²) in [6.07, 6.45) is 1.46. The third-order valence-corrected chi connectivity index (χ3v) is 4.58. The first-order valence-electron chi connectivity index (χ1n) is 9.81. The summed E-state index contributed by atoms with van der Waals surface area (Å²) in [6.45, 7) is 6.59. The van der Waals surface area contributed by atoms with Crippen LogP contribution < -0.4 is 11.6 Å². The van der Waals surface area contributed by atoms with Crippen LogP contribution in [0.15, 0.2) is 52.6 Å². The normalized spacial score (nSPS) is 12.2. The molecule has 3 aromatic rings. The highest BCUT2D eigenvalue weighted by molar-refractivity contribution is 6.37. The SMILES string of the molecule is CC(C)(C)c1cccc(CN=CC(=NN)c2cc(-c3cccc(C#N)c3F)nc(N)n2)n1. The summed E-state index contributed by atoms with van der Waals surface area (Å²) in [7, 11) is 0. The summed E-state index contributed by atoms with van der Waals surface area (Å²) in [4.78, 5) is 17.2. The highest BCUT2D eigenvalue weighted by Crippen LogP contribution is 2.24. The molecule has 3 rings (SSSR count). The molecule has 0 radical (unpaired) electrons. The summed E-state index contributed by atoms with van der Waals surface area (Å²) < 4.78 is 14.6. The monoisotopic (exact) mass is 430 g/mol. The first-order chi connectivity index (χ1) is 15.2. The van der Waals surface area contributed by atoms with Crippen LogP contribution in [0.2, 0.25) is 0 Å². The summed E-state index contributed by atoms with van der Waals surface area (Å²) in [5, 5.41) is 12.8. The average Bonchev–Trinajstić information content (AvgIpc) is 2.76. The molecule has 8 nitrogen and oxygen atoms in total. The number of nitrogens with two attached hydrogens (primary N) is 2. The largest absolute Gasteiger partial charge is 0.368 e. The zero-order valence-corrected chi connectivity index (χ0v) is 18.0. The first kappa shape index (κ1) is 22.5. The van der Waals surface area contributed by atoms with E-state index in [4.69, 9.17) is 16.8 Å². The van der Waals surface area contributed by atoms with E-state index in [-0.39, 0.29) is 39.6 Å².